The van der Waals surface area contributed by atoms with Crippen LogP contribution in [0.4, 0.5) is 0 Å². The second-order valence-corrected chi connectivity index (χ2v) is 2.40. The minimum Gasteiger partial charge on any atom is -0.396 e. The molecule has 0 aromatic carbocycles. The Kier molecular flexibility index (Phi) is 6.55. The molecule has 0 rings (SSSR count). The van der Waals surface area contributed by atoms with Gasteiger partial charge in [-0.3, -0.25) is 0 Å². The zero-order valence-corrected chi connectivity index (χ0v) is 6.29. The first kappa shape index (κ1) is 9.66. The van der Waals surface area contributed by atoms with Gasteiger partial charge < -0.3 is 10.2 Å². The topological polar surface area (TPSA) is 40.5 Å². The van der Waals surface area contributed by atoms with Crippen LogP contribution in [0.15, 0.2) is 12.7 Å². The van der Waals surface area contributed by atoms with Gasteiger partial charge in [0.2, 0.25) is 0 Å². The Bertz CT molecular complexity index is 81.3. The molecule has 2 N–H and O–H groups in total. The maximum Gasteiger partial charge on any atom is 0.0574 e. The van der Waals surface area contributed by atoms with Gasteiger partial charge >= 0.3 is 0 Å². The van der Waals surface area contributed by atoms with Crippen molar-refractivity contribution in [2.75, 3.05) is 6.61 Å². The van der Waals surface area contributed by atoms with Crippen molar-refractivity contribution in [1.29, 1.82) is 0 Å². The van der Waals surface area contributed by atoms with Crippen molar-refractivity contribution in [3.05, 3.63) is 12.7 Å². The molecule has 0 bridgehead atoms. The van der Waals surface area contributed by atoms with Gasteiger partial charge in [0.1, 0.15) is 0 Å². The highest BCUT2D eigenvalue weighted by Crippen LogP contribution is 2.03. The average Bonchev–Trinajstić information content (AvgIpc) is 1.89. The smallest absolute Gasteiger partial charge is 0.0574 e. The molecular formula is C8H16O2. The van der Waals surface area contributed by atoms with E-state index in [1.165, 1.54) is 0 Å². The summed E-state index contributed by atoms with van der Waals surface area (Å²) in [5.41, 5.74) is 0. The number of unbranched alkanes of at least 4 members (excludes halogenated alkanes) is 1. The fourth-order valence-corrected chi connectivity index (χ4v) is 0.802. The molecule has 0 saturated heterocycles. The van der Waals surface area contributed by atoms with Gasteiger partial charge in [-0.2, -0.15) is 0 Å². The molecular weight excluding hydrogens is 128 g/mol. The number of hydrogen-bond acceptors (Lipinski definition) is 2. The van der Waals surface area contributed by atoms with Crippen LogP contribution >= 0.6 is 0 Å². The Morgan fingerprint density at radius 2 is 2.10 bits per heavy atom. The molecule has 0 spiro atoms. The maximum atomic E-state index is 9.12. The number of rotatable bonds is 6. The van der Waals surface area contributed by atoms with E-state index in [1.54, 1.807) is 6.08 Å². The molecule has 0 aliphatic carbocycles. The Morgan fingerprint density at radius 1 is 1.40 bits per heavy atom. The van der Waals surface area contributed by atoms with E-state index >= 15 is 0 Å². The molecule has 0 saturated carbocycles. The molecule has 10 heavy (non-hydrogen) atoms. The first-order chi connectivity index (χ1) is 4.81. The van der Waals surface area contributed by atoms with Gasteiger partial charge in [-0.05, 0) is 25.7 Å². The summed E-state index contributed by atoms with van der Waals surface area (Å²) < 4.78 is 0. The zero-order chi connectivity index (χ0) is 7.82. The fraction of sp³-hybridized carbons (Fsp3) is 0.750. The lowest BCUT2D eigenvalue weighted by atomic mass is 10.1. The minimum absolute atomic E-state index is 0.223. The molecule has 0 aliphatic heterocycles. The Labute approximate surface area is 62.2 Å². The van der Waals surface area contributed by atoms with E-state index in [-0.39, 0.29) is 12.7 Å². The van der Waals surface area contributed by atoms with E-state index in [0.29, 0.717) is 6.42 Å². The standard InChI is InChI=1S/C8H16O2/c1-2-5-8(10)6-3-4-7-9/h2,8-10H,1,3-7H2/t8-/m0/s1. The second kappa shape index (κ2) is 6.78. The van der Waals surface area contributed by atoms with Gasteiger partial charge in [0, 0.05) is 6.61 Å². The van der Waals surface area contributed by atoms with Gasteiger partial charge in [0.05, 0.1) is 6.10 Å². The Morgan fingerprint density at radius 3 is 2.60 bits per heavy atom. The third-order valence-electron chi connectivity index (χ3n) is 1.38. The normalized spacial score (nSPS) is 13.0. The van der Waals surface area contributed by atoms with Crippen LogP contribution in [0.2, 0.25) is 0 Å². The highest BCUT2D eigenvalue weighted by molar-refractivity contribution is 4.71. The third-order valence-corrected chi connectivity index (χ3v) is 1.38. The second-order valence-electron chi connectivity index (χ2n) is 2.40. The van der Waals surface area contributed by atoms with Crippen LogP contribution in [0.5, 0.6) is 0 Å². The summed E-state index contributed by atoms with van der Waals surface area (Å²) in [6.07, 6.45) is 4.56. The molecule has 60 valence electrons. The van der Waals surface area contributed by atoms with Crippen LogP contribution in [-0.2, 0) is 0 Å². The van der Waals surface area contributed by atoms with Crippen molar-refractivity contribution >= 4 is 0 Å². The monoisotopic (exact) mass is 144 g/mol. The molecule has 0 amide bonds. The van der Waals surface area contributed by atoms with E-state index in [1.807, 2.05) is 0 Å². The molecule has 0 aromatic heterocycles. The zero-order valence-electron chi connectivity index (χ0n) is 6.29. The van der Waals surface area contributed by atoms with Crippen molar-refractivity contribution < 1.29 is 10.2 Å². The van der Waals surface area contributed by atoms with E-state index in [2.05, 4.69) is 6.58 Å². The number of aliphatic hydroxyl groups excluding tert-OH is 2. The fourth-order valence-electron chi connectivity index (χ4n) is 0.802. The molecule has 1 atom stereocenters. The first-order valence-electron chi connectivity index (χ1n) is 3.71. The average molecular weight is 144 g/mol. The third kappa shape index (κ3) is 5.79. The van der Waals surface area contributed by atoms with Crippen molar-refractivity contribution in [1.82, 2.24) is 0 Å². The summed E-state index contributed by atoms with van der Waals surface area (Å²) in [5.74, 6) is 0. The number of hydrogen-bond donors (Lipinski definition) is 2. The van der Waals surface area contributed by atoms with Crippen molar-refractivity contribution in [2.45, 2.75) is 31.8 Å². The highest BCUT2D eigenvalue weighted by atomic mass is 16.3. The van der Waals surface area contributed by atoms with Crippen LogP contribution < -0.4 is 0 Å². The summed E-state index contributed by atoms with van der Waals surface area (Å²) in [6.45, 7) is 3.74. The predicted octanol–water partition coefficient (Wildman–Crippen LogP) is 1.09. The van der Waals surface area contributed by atoms with Crippen molar-refractivity contribution in [3.8, 4) is 0 Å². The highest BCUT2D eigenvalue weighted by Gasteiger charge is 1.99. The van der Waals surface area contributed by atoms with Gasteiger partial charge in [0.15, 0.2) is 0 Å². The van der Waals surface area contributed by atoms with Crippen LogP contribution in [0.3, 0.4) is 0 Å². The van der Waals surface area contributed by atoms with Gasteiger partial charge in [-0.15, -0.1) is 6.58 Å². The molecule has 0 aliphatic rings. The Balaban J connectivity index is 3.04. The molecule has 0 unspecified atom stereocenters. The van der Waals surface area contributed by atoms with E-state index in [0.717, 1.165) is 19.3 Å². The predicted molar refractivity (Wildman–Crippen MR) is 41.8 cm³/mol. The van der Waals surface area contributed by atoms with Crippen molar-refractivity contribution in [3.63, 3.8) is 0 Å². The van der Waals surface area contributed by atoms with E-state index in [9.17, 15) is 0 Å². The van der Waals surface area contributed by atoms with Crippen LogP contribution in [0.25, 0.3) is 0 Å². The lowest BCUT2D eigenvalue weighted by Crippen LogP contribution is -2.04. The minimum atomic E-state index is -0.260. The Hall–Kier alpha value is -0.340. The lowest BCUT2D eigenvalue weighted by Gasteiger charge is -2.05. The maximum absolute atomic E-state index is 9.12. The van der Waals surface area contributed by atoms with E-state index in [4.69, 9.17) is 10.2 Å². The molecule has 0 fully saturated rings. The summed E-state index contributed by atoms with van der Waals surface area (Å²) in [6, 6.07) is 0. The largest absolute Gasteiger partial charge is 0.396 e. The van der Waals surface area contributed by atoms with Gasteiger partial charge in [0.25, 0.3) is 0 Å². The summed E-state index contributed by atoms with van der Waals surface area (Å²) in [7, 11) is 0. The van der Waals surface area contributed by atoms with Gasteiger partial charge in [-0.1, -0.05) is 6.08 Å². The quantitative estimate of drug-likeness (QED) is 0.432. The van der Waals surface area contributed by atoms with Crippen LogP contribution in [0.1, 0.15) is 25.7 Å². The van der Waals surface area contributed by atoms with Gasteiger partial charge in [-0.25, -0.2) is 0 Å². The molecule has 2 nitrogen and oxygen atoms in total. The van der Waals surface area contributed by atoms with Crippen LogP contribution in [0, 0.1) is 0 Å². The number of aliphatic hydroxyl groups is 2. The van der Waals surface area contributed by atoms with E-state index < -0.39 is 0 Å². The lowest BCUT2D eigenvalue weighted by molar-refractivity contribution is 0.160. The van der Waals surface area contributed by atoms with Crippen molar-refractivity contribution in [2.24, 2.45) is 0 Å². The first-order valence-corrected chi connectivity index (χ1v) is 3.71. The SMILES string of the molecule is C=CC[C@H](O)CCCCO. The summed E-state index contributed by atoms with van der Waals surface area (Å²) >= 11 is 0. The molecule has 0 heterocycles. The van der Waals surface area contributed by atoms with Crippen LogP contribution in [-0.4, -0.2) is 22.9 Å². The molecule has 0 radical (unpaired) electrons. The summed E-state index contributed by atoms with van der Waals surface area (Å²) in [4.78, 5) is 0. The molecule has 0 aromatic rings. The molecule has 2 heteroatoms. The summed E-state index contributed by atoms with van der Waals surface area (Å²) in [5, 5.41) is 17.5.